The Bertz CT molecular complexity index is 475. The molecule has 0 aromatic carbocycles. The van der Waals surface area contributed by atoms with Crippen LogP contribution in [-0.2, 0) is 10.0 Å². The molecule has 7 heteroatoms. The van der Waals surface area contributed by atoms with Gasteiger partial charge in [0.25, 0.3) is 0 Å². The summed E-state index contributed by atoms with van der Waals surface area (Å²) in [6.45, 7) is 4.65. The topological polar surface area (TPSA) is 78.1 Å². The first-order valence-corrected chi connectivity index (χ1v) is 7.57. The van der Waals surface area contributed by atoms with Crippen molar-refractivity contribution in [2.75, 3.05) is 26.7 Å². The molecule has 0 saturated carbocycles. The first kappa shape index (κ1) is 13.5. The lowest BCUT2D eigenvalue weighted by atomic mass is 9.81. The van der Waals surface area contributed by atoms with Gasteiger partial charge >= 0.3 is 0 Å². The van der Waals surface area contributed by atoms with E-state index in [4.69, 9.17) is 0 Å². The molecule has 102 valence electrons. The van der Waals surface area contributed by atoms with Crippen molar-refractivity contribution in [3.8, 4) is 0 Å². The molecular formula is C11H20N4O2S. The zero-order valence-corrected chi connectivity index (χ0v) is 11.6. The molecule has 0 amide bonds. The highest BCUT2D eigenvalue weighted by Gasteiger charge is 2.30. The van der Waals surface area contributed by atoms with E-state index < -0.39 is 10.0 Å². The summed E-state index contributed by atoms with van der Waals surface area (Å²) in [7, 11) is -1.33. The fraction of sp³-hybridized carbons (Fsp3) is 0.727. The second-order valence-corrected chi connectivity index (χ2v) is 7.14. The molecule has 0 spiro atoms. The van der Waals surface area contributed by atoms with Crippen LogP contribution in [0.5, 0.6) is 0 Å². The van der Waals surface area contributed by atoms with Crippen molar-refractivity contribution in [2.45, 2.75) is 24.7 Å². The third-order valence-corrected chi connectivity index (χ3v) is 5.03. The van der Waals surface area contributed by atoms with Crippen LogP contribution in [0.4, 0.5) is 0 Å². The summed E-state index contributed by atoms with van der Waals surface area (Å²) in [4.78, 5) is 2.46. The zero-order chi connectivity index (χ0) is 13.2. The van der Waals surface area contributed by atoms with E-state index in [9.17, 15) is 8.42 Å². The average molecular weight is 272 g/mol. The van der Waals surface area contributed by atoms with E-state index in [0.29, 0.717) is 6.54 Å². The monoisotopic (exact) mass is 272 g/mol. The lowest BCUT2D eigenvalue weighted by Crippen LogP contribution is -2.43. The summed E-state index contributed by atoms with van der Waals surface area (Å²) in [5.74, 6) is 0. The maximum absolute atomic E-state index is 12.0. The quantitative estimate of drug-likeness (QED) is 0.832. The number of hydrogen-bond acceptors (Lipinski definition) is 4. The van der Waals surface area contributed by atoms with E-state index in [1.165, 1.54) is 12.4 Å². The molecule has 1 aliphatic heterocycles. The Kier molecular flexibility index (Phi) is 3.74. The van der Waals surface area contributed by atoms with Gasteiger partial charge < -0.3 is 4.90 Å². The van der Waals surface area contributed by atoms with Crippen molar-refractivity contribution in [1.29, 1.82) is 0 Å². The van der Waals surface area contributed by atoms with Crippen LogP contribution >= 0.6 is 0 Å². The lowest BCUT2D eigenvalue weighted by Gasteiger charge is -2.37. The molecular weight excluding hydrogens is 252 g/mol. The van der Waals surface area contributed by atoms with Gasteiger partial charge in [0, 0.05) is 12.7 Å². The summed E-state index contributed by atoms with van der Waals surface area (Å²) in [5.41, 5.74) is 0.0450. The Balaban J connectivity index is 1.96. The highest BCUT2D eigenvalue weighted by molar-refractivity contribution is 7.89. The van der Waals surface area contributed by atoms with E-state index in [1.54, 1.807) is 0 Å². The fourth-order valence-electron chi connectivity index (χ4n) is 2.07. The predicted octanol–water partition coefficient (Wildman–Crippen LogP) is 0.420. The number of aromatic nitrogens is 2. The van der Waals surface area contributed by atoms with Gasteiger partial charge in [0.05, 0.1) is 6.20 Å². The van der Waals surface area contributed by atoms with Gasteiger partial charge in [-0.05, 0) is 38.4 Å². The lowest BCUT2D eigenvalue weighted by molar-refractivity contribution is 0.143. The summed E-state index contributed by atoms with van der Waals surface area (Å²) < 4.78 is 26.6. The van der Waals surface area contributed by atoms with E-state index in [2.05, 4.69) is 33.8 Å². The smallest absolute Gasteiger partial charge is 0.243 e. The predicted molar refractivity (Wildman–Crippen MR) is 68.6 cm³/mol. The number of rotatable bonds is 4. The highest BCUT2D eigenvalue weighted by Crippen LogP contribution is 2.29. The maximum atomic E-state index is 12.0. The number of nitrogens with zero attached hydrogens (tertiary/aromatic N) is 2. The van der Waals surface area contributed by atoms with E-state index in [-0.39, 0.29) is 10.3 Å². The normalized spacial score (nSPS) is 21.0. The minimum absolute atomic E-state index is 0.0450. The van der Waals surface area contributed by atoms with Crippen molar-refractivity contribution < 1.29 is 8.42 Å². The highest BCUT2D eigenvalue weighted by atomic mass is 32.2. The van der Waals surface area contributed by atoms with Crippen molar-refractivity contribution in [3.63, 3.8) is 0 Å². The Morgan fingerprint density at radius 1 is 1.50 bits per heavy atom. The summed E-state index contributed by atoms with van der Waals surface area (Å²) in [6.07, 6.45) is 4.73. The molecule has 2 rings (SSSR count). The minimum atomic E-state index is -3.43. The molecule has 1 aromatic heterocycles. The fourth-order valence-corrected chi connectivity index (χ4v) is 3.18. The molecule has 2 N–H and O–H groups in total. The standard InChI is InChI=1S/C11H20N4O2S/c1-11(3-5-15(2)6-4-11)9-14-18(16,17)10-7-12-13-8-10/h7-8,14H,3-6,9H2,1-2H3,(H,12,13). The van der Waals surface area contributed by atoms with Gasteiger partial charge in [0.15, 0.2) is 0 Å². The number of hydrogen-bond donors (Lipinski definition) is 2. The molecule has 6 nitrogen and oxygen atoms in total. The van der Waals surface area contributed by atoms with Crippen LogP contribution in [0.15, 0.2) is 17.3 Å². The molecule has 0 atom stereocenters. The maximum Gasteiger partial charge on any atom is 0.243 e. The Hall–Kier alpha value is -0.920. The number of sulfonamides is 1. The molecule has 2 heterocycles. The summed E-state index contributed by atoms with van der Waals surface area (Å²) in [6, 6.07) is 0. The average Bonchev–Trinajstić information content (AvgIpc) is 2.86. The van der Waals surface area contributed by atoms with E-state index in [0.717, 1.165) is 25.9 Å². The van der Waals surface area contributed by atoms with Crippen molar-refractivity contribution in [3.05, 3.63) is 12.4 Å². The van der Waals surface area contributed by atoms with Gasteiger partial charge in [-0.3, -0.25) is 5.10 Å². The molecule has 1 fully saturated rings. The van der Waals surface area contributed by atoms with Gasteiger partial charge in [0.1, 0.15) is 4.90 Å². The number of likely N-dealkylation sites (tertiary alicyclic amines) is 1. The van der Waals surface area contributed by atoms with Crippen molar-refractivity contribution >= 4 is 10.0 Å². The van der Waals surface area contributed by atoms with Gasteiger partial charge in [-0.2, -0.15) is 5.10 Å². The Morgan fingerprint density at radius 2 is 2.17 bits per heavy atom. The second-order valence-electron chi connectivity index (χ2n) is 5.37. The molecule has 0 aliphatic carbocycles. The number of aromatic amines is 1. The molecule has 0 bridgehead atoms. The van der Waals surface area contributed by atoms with E-state index in [1.807, 2.05) is 0 Å². The number of H-pyrrole nitrogens is 1. The van der Waals surface area contributed by atoms with Crippen molar-refractivity contribution in [1.82, 2.24) is 19.8 Å². The van der Waals surface area contributed by atoms with Gasteiger partial charge in [-0.15, -0.1) is 0 Å². The van der Waals surface area contributed by atoms with Crippen molar-refractivity contribution in [2.24, 2.45) is 5.41 Å². The Labute approximate surface area is 108 Å². The largest absolute Gasteiger partial charge is 0.306 e. The van der Waals surface area contributed by atoms with Gasteiger partial charge in [-0.25, -0.2) is 13.1 Å². The first-order valence-electron chi connectivity index (χ1n) is 6.08. The van der Waals surface area contributed by atoms with Crippen LogP contribution in [0.3, 0.4) is 0 Å². The van der Waals surface area contributed by atoms with E-state index >= 15 is 0 Å². The van der Waals surface area contributed by atoms with Gasteiger partial charge in [0.2, 0.25) is 10.0 Å². The van der Waals surface area contributed by atoms with Crippen LogP contribution in [-0.4, -0.2) is 50.2 Å². The molecule has 18 heavy (non-hydrogen) atoms. The summed E-state index contributed by atoms with van der Waals surface area (Å²) >= 11 is 0. The molecule has 1 aliphatic rings. The SMILES string of the molecule is CN1CCC(C)(CNS(=O)(=O)c2cn[nH]c2)CC1. The molecule has 0 unspecified atom stereocenters. The van der Waals surface area contributed by atoms with Crippen LogP contribution in [0, 0.1) is 5.41 Å². The first-order chi connectivity index (χ1) is 8.41. The van der Waals surface area contributed by atoms with Gasteiger partial charge in [-0.1, -0.05) is 6.92 Å². The molecule has 1 saturated heterocycles. The molecule has 0 radical (unpaired) electrons. The second kappa shape index (κ2) is 4.99. The van der Waals surface area contributed by atoms with Crippen LogP contribution < -0.4 is 4.72 Å². The third kappa shape index (κ3) is 3.09. The van der Waals surface area contributed by atoms with Crippen LogP contribution in [0.25, 0.3) is 0 Å². The summed E-state index contributed by atoms with van der Waals surface area (Å²) in [5, 5.41) is 6.17. The zero-order valence-electron chi connectivity index (χ0n) is 10.8. The molecule has 1 aromatic rings. The number of nitrogens with one attached hydrogen (secondary N) is 2. The van der Waals surface area contributed by atoms with Crippen LogP contribution in [0.1, 0.15) is 19.8 Å². The van der Waals surface area contributed by atoms with Crippen LogP contribution in [0.2, 0.25) is 0 Å². The Morgan fingerprint density at radius 3 is 2.72 bits per heavy atom. The third-order valence-electron chi connectivity index (χ3n) is 3.67. The number of piperidine rings is 1. The minimum Gasteiger partial charge on any atom is -0.306 e.